The van der Waals surface area contributed by atoms with E-state index in [1.807, 2.05) is 41.0 Å². The Kier molecular flexibility index (Phi) is 5.97. The average molecular weight is 436 g/mol. The maximum atomic E-state index is 12.7. The quantitative estimate of drug-likeness (QED) is 0.425. The number of nitrogens with zero attached hydrogens (tertiary/aromatic N) is 4. The molecule has 1 atom stereocenters. The van der Waals surface area contributed by atoms with Crippen molar-refractivity contribution in [3.63, 3.8) is 0 Å². The van der Waals surface area contributed by atoms with Crippen molar-refractivity contribution in [1.29, 1.82) is 5.26 Å². The molecule has 0 saturated carbocycles. The van der Waals surface area contributed by atoms with Gasteiger partial charge in [-0.3, -0.25) is 9.36 Å². The highest BCUT2D eigenvalue weighted by molar-refractivity contribution is 8.00. The number of rotatable bonds is 7. The molecule has 7 nitrogen and oxygen atoms in total. The van der Waals surface area contributed by atoms with E-state index in [0.29, 0.717) is 33.9 Å². The Morgan fingerprint density at radius 1 is 1.27 bits per heavy atom. The highest BCUT2D eigenvalue weighted by atomic mass is 32.2. The van der Waals surface area contributed by atoms with Crippen LogP contribution in [0.4, 0.5) is 5.00 Å². The summed E-state index contributed by atoms with van der Waals surface area (Å²) in [6, 6.07) is 17.4. The van der Waals surface area contributed by atoms with E-state index in [1.54, 1.807) is 30.7 Å². The fourth-order valence-electron chi connectivity index (χ4n) is 2.79. The number of benzene rings is 1. The van der Waals surface area contributed by atoms with Gasteiger partial charge < -0.3 is 9.73 Å². The minimum absolute atomic E-state index is 0.201. The van der Waals surface area contributed by atoms with Crippen molar-refractivity contribution in [1.82, 2.24) is 14.8 Å². The number of thioether (sulfide) groups is 1. The van der Waals surface area contributed by atoms with Crippen LogP contribution in [0.2, 0.25) is 0 Å². The number of hydrogen-bond donors (Lipinski definition) is 1. The maximum Gasteiger partial charge on any atom is 0.238 e. The number of furan rings is 1. The maximum absolute atomic E-state index is 12.7. The van der Waals surface area contributed by atoms with Gasteiger partial charge in [0.15, 0.2) is 10.9 Å². The lowest BCUT2D eigenvalue weighted by Crippen LogP contribution is -2.23. The molecular formula is C21H17N5O2S2. The van der Waals surface area contributed by atoms with Crippen LogP contribution in [0.15, 0.2) is 69.7 Å². The molecule has 1 amide bonds. The summed E-state index contributed by atoms with van der Waals surface area (Å²) in [5.41, 5.74) is 1.54. The van der Waals surface area contributed by atoms with Crippen LogP contribution in [-0.4, -0.2) is 25.9 Å². The van der Waals surface area contributed by atoms with Crippen molar-refractivity contribution < 1.29 is 9.21 Å². The van der Waals surface area contributed by atoms with E-state index >= 15 is 0 Å². The van der Waals surface area contributed by atoms with Gasteiger partial charge >= 0.3 is 0 Å². The predicted octanol–water partition coefficient (Wildman–Crippen LogP) is 4.64. The van der Waals surface area contributed by atoms with Crippen LogP contribution < -0.4 is 5.32 Å². The summed E-state index contributed by atoms with van der Waals surface area (Å²) >= 11 is 2.63. The first-order valence-electron chi connectivity index (χ1n) is 9.12. The number of thiophene rings is 1. The van der Waals surface area contributed by atoms with E-state index in [9.17, 15) is 4.79 Å². The Morgan fingerprint density at radius 3 is 2.83 bits per heavy atom. The Hall–Kier alpha value is -3.35. The van der Waals surface area contributed by atoms with Crippen LogP contribution in [0, 0.1) is 11.3 Å². The highest BCUT2D eigenvalue weighted by Crippen LogP contribution is 2.29. The molecule has 0 radical (unpaired) electrons. The number of carbonyl (C=O) groups excluding carboxylic acids is 1. The monoisotopic (exact) mass is 435 g/mol. The zero-order valence-electron chi connectivity index (χ0n) is 16.0. The van der Waals surface area contributed by atoms with Gasteiger partial charge in [0.1, 0.15) is 11.1 Å². The van der Waals surface area contributed by atoms with Crippen LogP contribution in [-0.2, 0) is 11.3 Å². The summed E-state index contributed by atoms with van der Waals surface area (Å²) in [4.78, 5) is 12.7. The zero-order valence-corrected chi connectivity index (χ0v) is 17.6. The first-order valence-corrected chi connectivity index (χ1v) is 10.9. The fourth-order valence-corrected chi connectivity index (χ4v) is 4.38. The van der Waals surface area contributed by atoms with E-state index in [2.05, 4.69) is 21.6 Å². The molecule has 150 valence electrons. The molecule has 0 spiro atoms. The van der Waals surface area contributed by atoms with Crippen molar-refractivity contribution in [2.45, 2.75) is 23.9 Å². The minimum Gasteiger partial charge on any atom is -0.461 e. The molecule has 0 aliphatic rings. The van der Waals surface area contributed by atoms with Gasteiger partial charge in [0.25, 0.3) is 0 Å². The Labute approximate surface area is 181 Å². The summed E-state index contributed by atoms with van der Waals surface area (Å²) in [6.45, 7) is 2.35. The summed E-state index contributed by atoms with van der Waals surface area (Å²) < 4.78 is 7.46. The van der Waals surface area contributed by atoms with Crippen LogP contribution in [0.5, 0.6) is 0 Å². The summed E-state index contributed by atoms with van der Waals surface area (Å²) in [5, 5.41) is 23.1. The Morgan fingerprint density at radius 2 is 2.10 bits per heavy atom. The molecule has 0 saturated heterocycles. The van der Waals surface area contributed by atoms with E-state index in [0.717, 1.165) is 5.56 Å². The lowest BCUT2D eigenvalue weighted by molar-refractivity contribution is -0.115. The van der Waals surface area contributed by atoms with Gasteiger partial charge in [0.05, 0.1) is 23.6 Å². The standard InChI is InChI=1S/C21H17N5O2S2/c1-14(19(27)23-20-16(12-22)9-11-29-20)30-21-25-24-18(17-8-5-10-28-17)26(21)13-15-6-3-2-4-7-15/h2-11,14H,13H2,1H3,(H,23,27)/t14-/m1/s1. The Balaban J connectivity index is 1.57. The van der Waals surface area contributed by atoms with Crippen LogP contribution >= 0.6 is 23.1 Å². The lowest BCUT2D eigenvalue weighted by atomic mass is 10.2. The van der Waals surface area contributed by atoms with Gasteiger partial charge in [0.2, 0.25) is 11.7 Å². The van der Waals surface area contributed by atoms with Gasteiger partial charge in [-0.25, -0.2) is 0 Å². The third-order valence-corrected chi connectivity index (χ3v) is 6.23. The molecule has 4 aromatic rings. The Bertz CT molecular complexity index is 1180. The normalized spacial score (nSPS) is 11.7. The van der Waals surface area contributed by atoms with Gasteiger partial charge in [-0.2, -0.15) is 5.26 Å². The van der Waals surface area contributed by atoms with E-state index in [1.165, 1.54) is 23.1 Å². The second-order valence-electron chi connectivity index (χ2n) is 6.38. The minimum atomic E-state index is -0.443. The van der Waals surface area contributed by atoms with Crippen molar-refractivity contribution >= 4 is 34.0 Å². The SMILES string of the molecule is C[C@@H](Sc1nnc(-c2ccco2)n1Cc1ccccc1)C(=O)Nc1sccc1C#N. The van der Waals surface area contributed by atoms with E-state index in [-0.39, 0.29) is 5.91 Å². The molecule has 0 unspecified atom stereocenters. The smallest absolute Gasteiger partial charge is 0.238 e. The van der Waals surface area contributed by atoms with Crippen LogP contribution in [0.1, 0.15) is 18.1 Å². The molecule has 0 fully saturated rings. The molecule has 4 rings (SSSR count). The van der Waals surface area contributed by atoms with E-state index in [4.69, 9.17) is 9.68 Å². The lowest BCUT2D eigenvalue weighted by Gasteiger charge is -2.13. The topological polar surface area (TPSA) is 96.7 Å². The molecule has 1 N–H and O–H groups in total. The molecule has 1 aromatic carbocycles. The highest BCUT2D eigenvalue weighted by Gasteiger charge is 2.23. The van der Waals surface area contributed by atoms with Crippen molar-refractivity contribution in [3.05, 3.63) is 71.3 Å². The number of carbonyl (C=O) groups is 1. The van der Waals surface area contributed by atoms with Crippen molar-refractivity contribution in [2.24, 2.45) is 0 Å². The molecule has 3 aromatic heterocycles. The summed E-state index contributed by atoms with van der Waals surface area (Å²) in [5.74, 6) is 1.01. The third kappa shape index (κ3) is 4.30. The number of anilines is 1. The van der Waals surface area contributed by atoms with Gasteiger partial charge in [-0.05, 0) is 36.1 Å². The molecule has 3 heterocycles. The number of aromatic nitrogens is 3. The number of amides is 1. The molecule has 30 heavy (non-hydrogen) atoms. The van der Waals surface area contributed by atoms with Gasteiger partial charge in [-0.1, -0.05) is 42.1 Å². The van der Waals surface area contributed by atoms with Gasteiger partial charge in [0, 0.05) is 0 Å². The number of nitriles is 1. The van der Waals surface area contributed by atoms with Crippen molar-refractivity contribution in [3.8, 4) is 17.7 Å². The predicted molar refractivity (Wildman–Crippen MR) is 116 cm³/mol. The average Bonchev–Trinajstić information content (AvgIpc) is 3.51. The zero-order chi connectivity index (χ0) is 20.9. The number of hydrogen-bond acceptors (Lipinski definition) is 7. The summed E-state index contributed by atoms with van der Waals surface area (Å²) in [6.07, 6.45) is 1.59. The largest absolute Gasteiger partial charge is 0.461 e. The van der Waals surface area contributed by atoms with E-state index < -0.39 is 5.25 Å². The van der Waals surface area contributed by atoms with Crippen molar-refractivity contribution in [2.75, 3.05) is 5.32 Å². The third-order valence-electron chi connectivity index (χ3n) is 4.32. The summed E-state index contributed by atoms with van der Waals surface area (Å²) in [7, 11) is 0. The molecule has 9 heteroatoms. The second kappa shape index (κ2) is 8.98. The first kappa shape index (κ1) is 19.9. The molecule has 0 aliphatic carbocycles. The number of nitrogens with one attached hydrogen (secondary N) is 1. The molecular weight excluding hydrogens is 418 g/mol. The van der Waals surface area contributed by atoms with Crippen LogP contribution in [0.3, 0.4) is 0 Å². The fraction of sp³-hybridized carbons (Fsp3) is 0.143. The first-order chi connectivity index (χ1) is 14.7. The second-order valence-corrected chi connectivity index (χ2v) is 8.60. The molecule has 0 aliphatic heterocycles. The van der Waals surface area contributed by atoms with Gasteiger partial charge in [-0.15, -0.1) is 21.5 Å². The van der Waals surface area contributed by atoms with Crippen LogP contribution in [0.25, 0.3) is 11.6 Å². The molecule has 0 bridgehead atoms.